The van der Waals surface area contributed by atoms with Crippen molar-refractivity contribution in [1.82, 2.24) is 0 Å². The lowest BCUT2D eigenvalue weighted by Crippen LogP contribution is -2.07. The van der Waals surface area contributed by atoms with Gasteiger partial charge >= 0.3 is 11.9 Å². The van der Waals surface area contributed by atoms with Gasteiger partial charge in [-0.1, -0.05) is 98.8 Å². The molecule has 0 bridgehead atoms. The first-order valence-corrected chi connectivity index (χ1v) is 10.2. The van der Waals surface area contributed by atoms with E-state index in [-0.39, 0.29) is 5.57 Å². The van der Waals surface area contributed by atoms with Gasteiger partial charge in [0, 0.05) is 6.08 Å². The van der Waals surface area contributed by atoms with Crippen molar-refractivity contribution < 1.29 is 19.4 Å². The Bertz CT molecular complexity index is 907. The van der Waals surface area contributed by atoms with Crippen molar-refractivity contribution in [2.75, 3.05) is 6.61 Å². The quantitative estimate of drug-likeness (QED) is 0.224. The van der Waals surface area contributed by atoms with Gasteiger partial charge in [0.25, 0.3) is 0 Å². The number of carboxylic acid groups (broad SMARTS) is 1. The van der Waals surface area contributed by atoms with Crippen molar-refractivity contribution in [3.63, 3.8) is 0 Å². The Morgan fingerprint density at radius 1 is 1.00 bits per heavy atom. The van der Waals surface area contributed by atoms with E-state index >= 15 is 0 Å². The van der Waals surface area contributed by atoms with Crippen molar-refractivity contribution in [2.45, 2.75) is 26.7 Å². The van der Waals surface area contributed by atoms with Crippen LogP contribution in [0.15, 0.2) is 97.1 Å². The molecule has 0 heterocycles. The number of allylic oxidation sites excluding steroid dienone is 3. The van der Waals surface area contributed by atoms with Gasteiger partial charge < -0.3 is 9.84 Å². The summed E-state index contributed by atoms with van der Waals surface area (Å²) in [5, 5.41) is 8.28. The predicted octanol–water partition coefficient (Wildman–Crippen LogP) is 6.33. The Morgan fingerprint density at radius 3 is 2.19 bits per heavy atom. The number of aliphatic carboxylic acids is 1. The fourth-order valence-corrected chi connectivity index (χ4v) is 2.31. The molecule has 0 unspecified atom stereocenters. The first-order valence-electron chi connectivity index (χ1n) is 10.2. The lowest BCUT2D eigenvalue weighted by atomic mass is 10.1. The molecule has 162 valence electrons. The highest BCUT2D eigenvalue weighted by atomic mass is 16.5. The Hall–Kier alpha value is -3.66. The molecule has 0 saturated heterocycles. The molecule has 4 heteroatoms. The molecule has 1 N–H and O–H groups in total. The molecule has 0 amide bonds. The second-order valence-corrected chi connectivity index (χ2v) is 6.67. The van der Waals surface area contributed by atoms with Gasteiger partial charge in [0.2, 0.25) is 0 Å². The highest BCUT2D eigenvalue weighted by Gasteiger charge is 2.04. The fraction of sp³-hybridized carbons (Fsp3) is 0.185. The number of rotatable bonds is 9. The van der Waals surface area contributed by atoms with E-state index in [1.807, 2.05) is 31.2 Å². The third-order valence-corrected chi connectivity index (χ3v) is 4.08. The lowest BCUT2D eigenvalue weighted by molar-refractivity contribution is -0.138. The molecular formula is C27H30O4. The van der Waals surface area contributed by atoms with Crippen LogP contribution in [0.3, 0.4) is 0 Å². The maximum atomic E-state index is 11.1. The maximum Gasteiger partial charge on any atom is 0.337 e. The van der Waals surface area contributed by atoms with E-state index in [4.69, 9.17) is 9.84 Å². The molecule has 0 aromatic heterocycles. The first-order chi connectivity index (χ1) is 14.9. The second kappa shape index (κ2) is 15.2. The summed E-state index contributed by atoms with van der Waals surface area (Å²) in [5.74, 6) is -1.69. The van der Waals surface area contributed by atoms with Crippen LogP contribution in [-0.4, -0.2) is 23.7 Å². The van der Waals surface area contributed by atoms with E-state index in [2.05, 4.69) is 68.1 Å². The number of hydrogen-bond acceptors (Lipinski definition) is 3. The van der Waals surface area contributed by atoms with Crippen LogP contribution in [0.1, 0.15) is 37.8 Å². The number of esters is 1. The number of hydrogen-bond donors (Lipinski definition) is 1. The minimum absolute atomic E-state index is 0.0449. The molecule has 0 aliphatic carbocycles. The number of ether oxygens (including phenoxy) is 1. The summed E-state index contributed by atoms with van der Waals surface area (Å²) >= 11 is 0. The zero-order chi connectivity index (χ0) is 22.9. The zero-order valence-electron chi connectivity index (χ0n) is 18.2. The molecule has 0 fully saturated rings. The number of carbonyl (C=O) groups excluding carboxylic acids is 1. The number of unbranched alkanes of at least 4 members (excludes halogenated alkanes) is 1. The largest absolute Gasteiger partial charge is 0.478 e. The molecule has 2 aromatic rings. The monoisotopic (exact) mass is 418 g/mol. The van der Waals surface area contributed by atoms with Crippen LogP contribution in [0.4, 0.5) is 0 Å². The van der Waals surface area contributed by atoms with Gasteiger partial charge in [-0.3, -0.25) is 0 Å². The van der Waals surface area contributed by atoms with Gasteiger partial charge in [0.1, 0.15) is 0 Å². The Labute approximate surface area is 184 Å². The van der Waals surface area contributed by atoms with E-state index in [0.717, 1.165) is 25.0 Å². The number of carboxylic acids is 1. The maximum absolute atomic E-state index is 11.1. The SMILES string of the molecule is C=C(C=CC(=O)O)C(=O)OCCCC.CC(=CC=Cc1ccccc1)c1ccccc1. The van der Waals surface area contributed by atoms with Gasteiger partial charge in [0.05, 0.1) is 12.2 Å². The van der Waals surface area contributed by atoms with Crippen molar-refractivity contribution in [1.29, 1.82) is 0 Å². The van der Waals surface area contributed by atoms with Gasteiger partial charge in [-0.25, -0.2) is 9.59 Å². The molecule has 4 nitrogen and oxygen atoms in total. The standard InChI is InChI=1S/C17H16.C10H14O4/c1-15(17-13-6-3-7-14-17)9-8-12-16-10-4-2-5-11-16;1-3-4-7-14-10(13)8(2)5-6-9(11)12/h2-14H,1H3;5-6H,2-4,7H2,1H3,(H,11,12). The lowest BCUT2D eigenvalue weighted by Gasteiger charge is -2.02. The van der Waals surface area contributed by atoms with Crippen LogP contribution >= 0.6 is 0 Å². The van der Waals surface area contributed by atoms with E-state index in [1.54, 1.807) is 0 Å². The van der Waals surface area contributed by atoms with Crippen LogP contribution < -0.4 is 0 Å². The molecule has 0 atom stereocenters. The smallest absolute Gasteiger partial charge is 0.337 e. The van der Waals surface area contributed by atoms with Gasteiger partial charge in [-0.15, -0.1) is 0 Å². The third-order valence-electron chi connectivity index (χ3n) is 4.08. The molecule has 0 saturated carbocycles. The van der Waals surface area contributed by atoms with Crippen molar-refractivity contribution in [2.24, 2.45) is 0 Å². The van der Waals surface area contributed by atoms with Crippen LogP contribution in [0.25, 0.3) is 11.6 Å². The predicted molar refractivity (Wildman–Crippen MR) is 127 cm³/mol. The molecule has 2 rings (SSSR count). The number of carbonyl (C=O) groups is 2. The van der Waals surface area contributed by atoms with Gasteiger partial charge in [-0.05, 0) is 36.1 Å². The molecule has 31 heavy (non-hydrogen) atoms. The number of benzene rings is 2. The first kappa shape index (κ1) is 25.4. The summed E-state index contributed by atoms with van der Waals surface area (Å²) in [7, 11) is 0. The van der Waals surface area contributed by atoms with Gasteiger partial charge in [-0.2, -0.15) is 0 Å². The average Bonchev–Trinajstić information content (AvgIpc) is 2.79. The molecule has 0 radical (unpaired) electrons. The second-order valence-electron chi connectivity index (χ2n) is 6.67. The van der Waals surface area contributed by atoms with Crippen molar-refractivity contribution >= 4 is 23.6 Å². The summed E-state index contributed by atoms with van der Waals surface area (Å²) < 4.78 is 4.79. The Morgan fingerprint density at radius 2 is 1.61 bits per heavy atom. The molecule has 0 aliphatic heterocycles. The zero-order valence-corrected chi connectivity index (χ0v) is 18.2. The fourth-order valence-electron chi connectivity index (χ4n) is 2.31. The van der Waals surface area contributed by atoms with Crippen LogP contribution in [0.5, 0.6) is 0 Å². The summed E-state index contributed by atoms with van der Waals surface area (Å²) in [6.45, 7) is 7.83. The van der Waals surface area contributed by atoms with Gasteiger partial charge in [0.15, 0.2) is 0 Å². The highest BCUT2D eigenvalue weighted by molar-refractivity contribution is 5.93. The van der Waals surface area contributed by atoms with E-state index < -0.39 is 11.9 Å². The van der Waals surface area contributed by atoms with E-state index in [1.165, 1.54) is 16.7 Å². The molecule has 2 aromatic carbocycles. The molecule has 0 spiro atoms. The van der Waals surface area contributed by atoms with E-state index in [0.29, 0.717) is 6.61 Å². The Balaban J connectivity index is 0.000000318. The summed E-state index contributed by atoms with van der Waals surface area (Å²) in [6.07, 6.45) is 10.1. The topological polar surface area (TPSA) is 63.6 Å². The van der Waals surface area contributed by atoms with Crippen LogP contribution in [-0.2, 0) is 14.3 Å². The minimum atomic E-state index is -1.12. The normalized spacial score (nSPS) is 11.1. The Kier molecular flexibility index (Phi) is 12.5. The highest BCUT2D eigenvalue weighted by Crippen LogP contribution is 2.13. The summed E-state index contributed by atoms with van der Waals surface area (Å²) in [4.78, 5) is 21.2. The average molecular weight is 419 g/mol. The minimum Gasteiger partial charge on any atom is -0.478 e. The van der Waals surface area contributed by atoms with Crippen molar-refractivity contribution in [3.05, 3.63) is 108 Å². The summed E-state index contributed by atoms with van der Waals surface area (Å²) in [6, 6.07) is 20.7. The molecule has 0 aliphatic rings. The summed E-state index contributed by atoms with van der Waals surface area (Å²) in [5.41, 5.74) is 3.82. The molecular weight excluding hydrogens is 388 g/mol. The third kappa shape index (κ3) is 11.8. The van der Waals surface area contributed by atoms with E-state index in [9.17, 15) is 9.59 Å². The van der Waals surface area contributed by atoms with Crippen LogP contribution in [0.2, 0.25) is 0 Å². The van der Waals surface area contributed by atoms with Crippen molar-refractivity contribution in [3.8, 4) is 0 Å². The van der Waals surface area contributed by atoms with Crippen LogP contribution in [0, 0.1) is 0 Å².